The smallest absolute Gasteiger partial charge is 0.152 e. The maximum absolute atomic E-state index is 6.79. The van der Waals surface area contributed by atoms with E-state index in [0.29, 0.717) is 0 Å². The van der Waals surface area contributed by atoms with E-state index in [1.54, 1.807) is 0 Å². The lowest BCUT2D eigenvalue weighted by molar-refractivity contribution is 0.477. The molecule has 0 unspecified atom stereocenters. The summed E-state index contributed by atoms with van der Waals surface area (Å²) < 4.78 is 9.43. The molecule has 0 atom stereocenters. The van der Waals surface area contributed by atoms with Crippen molar-refractivity contribution in [2.45, 2.75) is 0 Å². The molecule has 0 radical (unpaired) electrons. The number of hydrogen-bond donors (Lipinski definition) is 0. The number of anilines is 3. The van der Waals surface area contributed by atoms with Crippen LogP contribution in [0.3, 0.4) is 0 Å². The van der Waals surface area contributed by atoms with Crippen molar-refractivity contribution in [1.29, 1.82) is 0 Å². The van der Waals surface area contributed by atoms with Crippen molar-refractivity contribution in [2.24, 2.45) is 0 Å². The Morgan fingerprint density at radius 3 is 1.55 bits per heavy atom. The lowest BCUT2D eigenvalue weighted by Crippen LogP contribution is -2.16. The van der Waals surface area contributed by atoms with Crippen molar-refractivity contribution in [3.63, 3.8) is 0 Å². The first-order chi connectivity index (χ1) is 24.3. The van der Waals surface area contributed by atoms with Crippen molar-refractivity contribution >= 4 is 59.3 Å². The summed E-state index contributed by atoms with van der Waals surface area (Å²) in [5.41, 5.74) is 10.2. The average molecular weight is 644 g/mol. The zero-order chi connectivity index (χ0) is 32.3. The van der Waals surface area contributed by atoms with E-state index in [1.165, 1.54) is 42.1 Å². The number of thiophene rings is 1. The van der Waals surface area contributed by atoms with Crippen LogP contribution in [0.25, 0.3) is 64.3 Å². The van der Waals surface area contributed by atoms with Crippen molar-refractivity contribution in [2.75, 3.05) is 4.90 Å². The van der Waals surface area contributed by atoms with Gasteiger partial charge in [0.05, 0.1) is 17.1 Å². The molecule has 10 rings (SSSR count). The fourth-order valence-corrected chi connectivity index (χ4v) is 8.40. The molecule has 0 saturated heterocycles. The largest absolute Gasteiger partial charge is 0.453 e. The molecule has 0 fully saturated rings. The SMILES string of the molecule is c1ccc(-c2ccc3c(c2)Oc2cc(-c4ccccc4)ccc2N3c2ccc(-c3ccc4sc5ccccc5c4c3)c3ccccc23)cc1. The summed E-state index contributed by atoms with van der Waals surface area (Å²) in [6, 6.07) is 63.1. The van der Waals surface area contributed by atoms with Crippen molar-refractivity contribution in [3.8, 4) is 44.9 Å². The number of ether oxygens (including phenoxy) is 1. The first-order valence-electron chi connectivity index (χ1n) is 16.6. The normalized spacial score (nSPS) is 12.2. The highest BCUT2D eigenvalue weighted by atomic mass is 32.1. The summed E-state index contributed by atoms with van der Waals surface area (Å²) in [6.07, 6.45) is 0. The Morgan fingerprint density at radius 2 is 0.878 bits per heavy atom. The summed E-state index contributed by atoms with van der Waals surface area (Å²) in [4.78, 5) is 2.37. The molecule has 0 saturated carbocycles. The Labute approximate surface area is 288 Å². The molecule has 1 aliphatic rings. The third-order valence-corrected chi connectivity index (χ3v) is 10.8. The zero-order valence-electron chi connectivity index (χ0n) is 26.5. The molecular weight excluding hydrogens is 615 g/mol. The van der Waals surface area contributed by atoms with Gasteiger partial charge in [-0.1, -0.05) is 127 Å². The van der Waals surface area contributed by atoms with Crippen molar-refractivity contribution < 1.29 is 4.74 Å². The average Bonchev–Trinajstić information content (AvgIpc) is 3.55. The zero-order valence-corrected chi connectivity index (χ0v) is 27.3. The number of benzene rings is 8. The lowest BCUT2D eigenvalue weighted by atomic mass is 9.94. The highest BCUT2D eigenvalue weighted by Gasteiger charge is 2.28. The number of hydrogen-bond acceptors (Lipinski definition) is 3. The van der Waals surface area contributed by atoms with Crippen molar-refractivity contribution in [1.82, 2.24) is 0 Å². The second-order valence-corrected chi connectivity index (χ2v) is 13.6. The fourth-order valence-electron chi connectivity index (χ4n) is 7.31. The van der Waals surface area contributed by atoms with Gasteiger partial charge >= 0.3 is 0 Å². The molecule has 1 aromatic heterocycles. The topological polar surface area (TPSA) is 12.5 Å². The second kappa shape index (κ2) is 11.2. The van der Waals surface area contributed by atoms with E-state index in [9.17, 15) is 0 Å². The lowest BCUT2D eigenvalue weighted by Gasteiger charge is -2.34. The van der Waals surface area contributed by atoms with Crippen LogP contribution in [0.2, 0.25) is 0 Å². The molecule has 3 heteroatoms. The van der Waals surface area contributed by atoms with Gasteiger partial charge < -0.3 is 9.64 Å². The van der Waals surface area contributed by atoms with Gasteiger partial charge in [-0.15, -0.1) is 11.3 Å². The molecule has 0 N–H and O–H groups in total. The van der Waals surface area contributed by atoms with Crippen LogP contribution in [0.5, 0.6) is 11.5 Å². The first kappa shape index (κ1) is 27.9. The summed E-state index contributed by atoms with van der Waals surface area (Å²) in [6.45, 7) is 0. The molecule has 49 heavy (non-hydrogen) atoms. The minimum atomic E-state index is 0.835. The number of rotatable bonds is 4. The van der Waals surface area contributed by atoms with Crippen LogP contribution in [-0.2, 0) is 0 Å². The maximum atomic E-state index is 6.79. The Balaban J connectivity index is 1.17. The van der Waals surface area contributed by atoms with Crippen LogP contribution in [0, 0.1) is 0 Å². The van der Waals surface area contributed by atoms with Gasteiger partial charge in [0.15, 0.2) is 11.5 Å². The third kappa shape index (κ3) is 4.62. The van der Waals surface area contributed by atoms with Gasteiger partial charge in [0, 0.05) is 25.6 Å². The van der Waals surface area contributed by atoms with Gasteiger partial charge in [-0.2, -0.15) is 0 Å². The van der Waals surface area contributed by atoms with E-state index < -0.39 is 0 Å². The van der Waals surface area contributed by atoms with Crippen molar-refractivity contribution in [3.05, 3.63) is 176 Å². The minimum Gasteiger partial charge on any atom is -0.453 e. The van der Waals surface area contributed by atoms with E-state index in [1.807, 2.05) is 11.3 Å². The monoisotopic (exact) mass is 643 g/mol. The van der Waals surface area contributed by atoms with Crippen LogP contribution in [-0.4, -0.2) is 0 Å². The van der Waals surface area contributed by atoms with Gasteiger partial charge in [-0.05, 0) is 87.3 Å². The van der Waals surface area contributed by atoms with Gasteiger partial charge in [0.25, 0.3) is 0 Å². The number of fused-ring (bicyclic) bond motifs is 6. The van der Waals surface area contributed by atoms with Crippen LogP contribution in [0.1, 0.15) is 0 Å². The Bertz CT molecular complexity index is 2600. The molecule has 8 aromatic carbocycles. The van der Waals surface area contributed by atoms with Crippen LogP contribution in [0.15, 0.2) is 176 Å². The van der Waals surface area contributed by atoms with E-state index in [4.69, 9.17) is 4.74 Å². The Hall–Kier alpha value is -6.16. The van der Waals surface area contributed by atoms with E-state index in [0.717, 1.165) is 50.8 Å². The molecule has 9 aromatic rings. The standard InChI is InChI=1S/C46H29NOS/c1-3-11-30(12-4-1)32-19-23-41-43(28-32)48-44-29-33(31-13-5-2-6-14-31)20-24-42(44)47(41)40-25-22-35(36-15-7-8-16-37(36)40)34-21-26-46-39(27-34)38-17-9-10-18-45(38)49-46/h1-29H. The van der Waals surface area contributed by atoms with E-state index in [-0.39, 0.29) is 0 Å². The first-order valence-corrected chi connectivity index (χ1v) is 17.4. The minimum absolute atomic E-state index is 0.835. The van der Waals surface area contributed by atoms with E-state index >= 15 is 0 Å². The molecule has 2 nitrogen and oxygen atoms in total. The quantitative estimate of drug-likeness (QED) is 0.189. The third-order valence-electron chi connectivity index (χ3n) is 9.67. The molecule has 2 heterocycles. The Kier molecular flexibility index (Phi) is 6.39. The van der Waals surface area contributed by atoms with Crippen LogP contribution >= 0.6 is 11.3 Å². The molecule has 0 amide bonds. The van der Waals surface area contributed by atoms with Gasteiger partial charge in [0.1, 0.15) is 0 Å². The molecule has 0 bridgehead atoms. The summed E-state index contributed by atoms with van der Waals surface area (Å²) in [5.74, 6) is 1.67. The predicted molar refractivity (Wildman–Crippen MR) is 208 cm³/mol. The number of nitrogens with zero attached hydrogens (tertiary/aromatic N) is 1. The predicted octanol–water partition coefficient (Wildman–Crippen LogP) is 13.8. The molecule has 0 aliphatic carbocycles. The summed E-state index contributed by atoms with van der Waals surface area (Å²) in [7, 11) is 0. The van der Waals surface area contributed by atoms with Gasteiger partial charge in [-0.3, -0.25) is 0 Å². The molecule has 0 spiro atoms. The fraction of sp³-hybridized carbons (Fsp3) is 0. The summed E-state index contributed by atoms with van der Waals surface area (Å²) >= 11 is 1.86. The highest BCUT2D eigenvalue weighted by Crippen LogP contribution is 2.54. The molecule has 1 aliphatic heterocycles. The molecular formula is C46H29NOS. The summed E-state index contributed by atoms with van der Waals surface area (Å²) in [5, 5.41) is 5.03. The molecule has 230 valence electrons. The Morgan fingerprint density at radius 1 is 0.347 bits per heavy atom. The van der Waals surface area contributed by atoms with Gasteiger partial charge in [0.2, 0.25) is 0 Å². The highest BCUT2D eigenvalue weighted by molar-refractivity contribution is 7.25. The van der Waals surface area contributed by atoms with Crippen LogP contribution < -0.4 is 9.64 Å². The van der Waals surface area contributed by atoms with E-state index in [2.05, 4.69) is 181 Å². The van der Waals surface area contributed by atoms with Gasteiger partial charge in [-0.25, -0.2) is 0 Å². The second-order valence-electron chi connectivity index (χ2n) is 12.5. The van der Waals surface area contributed by atoms with Crippen LogP contribution in [0.4, 0.5) is 17.1 Å². The maximum Gasteiger partial charge on any atom is 0.152 e.